The second-order valence-corrected chi connectivity index (χ2v) is 3.42. The smallest absolute Gasteiger partial charge is 0.149 e. The lowest BCUT2D eigenvalue weighted by atomic mass is 10.3. The van der Waals surface area contributed by atoms with Gasteiger partial charge in [0.15, 0.2) is 0 Å². The number of hydrazine groups is 1. The first-order chi connectivity index (χ1) is 6.40. The van der Waals surface area contributed by atoms with Crippen LogP contribution in [0.4, 0.5) is 5.00 Å². The van der Waals surface area contributed by atoms with Gasteiger partial charge in [0, 0.05) is 11.5 Å². The lowest BCUT2D eigenvalue weighted by molar-refractivity contribution is -0.135. The maximum atomic E-state index is 5.45. The molecule has 0 aliphatic carbocycles. The van der Waals surface area contributed by atoms with Crippen molar-refractivity contribution in [2.75, 3.05) is 18.6 Å². The van der Waals surface area contributed by atoms with Gasteiger partial charge in [-0.05, 0) is 0 Å². The number of aromatic nitrogens is 2. The molecule has 13 heavy (non-hydrogen) atoms. The van der Waals surface area contributed by atoms with Gasteiger partial charge < -0.3 is 14.9 Å². The highest BCUT2D eigenvalue weighted by Crippen LogP contribution is 2.18. The molecule has 1 saturated heterocycles. The fourth-order valence-electron chi connectivity index (χ4n) is 0.920. The van der Waals surface area contributed by atoms with E-state index < -0.39 is 0 Å². The molecule has 0 aromatic carbocycles. The Morgan fingerprint density at radius 1 is 1.69 bits per heavy atom. The minimum absolute atomic E-state index is 0.201. The van der Waals surface area contributed by atoms with E-state index in [2.05, 4.69) is 15.0 Å². The third-order valence-electron chi connectivity index (χ3n) is 1.75. The average Bonchev–Trinajstić information content (AvgIpc) is 2.49. The van der Waals surface area contributed by atoms with Crippen molar-refractivity contribution in [2.24, 2.45) is 5.84 Å². The molecular formula is C6H10N4O2S. The number of ether oxygens (including phenoxy) is 2. The van der Waals surface area contributed by atoms with Gasteiger partial charge in [0.1, 0.15) is 16.8 Å². The van der Waals surface area contributed by atoms with E-state index in [-0.39, 0.29) is 6.10 Å². The summed E-state index contributed by atoms with van der Waals surface area (Å²) in [6.45, 7) is 1.77. The van der Waals surface area contributed by atoms with E-state index in [4.69, 9.17) is 15.3 Å². The Hall–Kier alpha value is -0.760. The standard InChI is InChI=1S/C6H10N4O2S/c7-8-6-5(9-10-13-6)3-12-4-1-11-2-4/h4,8H,1-3,7H2. The minimum atomic E-state index is 0.201. The Kier molecular flexibility index (Phi) is 2.69. The van der Waals surface area contributed by atoms with Crippen molar-refractivity contribution >= 4 is 16.5 Å². The number of nitrogens with two attached hydrogens (primary N) is 1. The summed E-state index contributed by atoms with van der Waals surface area (Å²) in [6, 6.07) is 0. The number of nitrogens with one attached hydrogen (secondary N) is 1. The molecule has 0 saturated carbocycles. The molecule has 2 rings (SSSR count). The fourth-order valence-corrected chi connectivity index (χ4v) is 1.40. The zero-order valence-electron chi connectivity index (χ0n) is 6.90. The van der Waals surface area contributed by atoms with Gasteiger partial charge in [0.05, 0.1) is 19.8 Å². The third kappa shape index (κ3) is 1.94. The van der Waals surface area contributed by atoms with Crippen molar-refractivity contribution in [1.29, 1.82) is 0 Å². The zero-order valence-corrected chi connectivity index (χ0v) is 7.71. The van der Waals surface area contributed by atoms with Gasteiger partial charge in [-0.25, -0.2) is 5.84 Å². The van der Waals surface area contributed by atoms with Crippen LogP contribution in [-0.2, 0) is 16.1 Å². The molecule has 1 aromatic rings. The summed E-state index contributed by atoms with van der Waals surface area (Å²) in [5.74, 6) is 5.25. The maximum Gasteiger partial charge on any atom is 0.149 e. The molecule has 0 bridgehead atoms. The van der Waals surface area contributed by atoms with Gasteiger partial charge in [-0.1, -0.05) is 4.49 Å². The molecule has 3 N–H and O–H groups in total. The predicted octanol–water partition coefficient (Wildman–Crippen LogP) is -0.261. The monoisotopic (exact) mass is 202 g/mol. The zero-order chi connectivity index (χ0) is 9.10. The summed E-state index contributed by atoms with van der Waals surface area (Å²) in [6.07, 6.45) is 0.201. The Labute approximate surface area is 79.2 Å². The molecule has 6 nitrogen and oxygen atoms in total. The molecule has 7 heteroatoms. The first-order valence-corrected chi connectivity index (χ1v) is 4.64. The van der Waals surface area contributed by atoms with Gasteiger partial charge >= 0.3 is 0 Å². The summed E-state index contributed by atoms with van der Waals surface area (Å²) >= 11 is 1.22. The Morgan fingerprint density at radius 3 is 3.15 bits per heavy atom. The summed E-state index contributed by atoms with van der Waals surface area (Å²) in [4.78, 5) is 0. The summed E-state index contributed by atoms with van der Waals surface area (Å²) in [5.41, 5.74) is 3.27. The second kappa shape index (κ2) is 3.97. The van der Waals surface area contributed by atoms with Crippen molar-refractivity contribution in [2.45, 2.75) is 12.7 Å². The predicted molar refractivity (Wildman–Crippen MR) is 47.1 cm³/mol. The SMILES string of the molecule is NNc1snnc1COC1COC1. The summed E-state index contributed by atoms with van der Waals surface area (Å²) in [5, 5.41) is 4.63. The second-order valence-electron chi connectivity index (χ2n) is 2.66. The molecule has 1 fully saturated rings. The number of nitrogen functional groups attached to an aromatic ring is 1. The Balaban J connectivity index is 1.85. The van der Waals surface area contributed by atoms with Gasteiger partial charge in [-0.2, -0.15) is 0 Å². The molecule has 0 unspecified atom stereocenters. The van der Waals surface area contributed by atoms with Crippen LogP contribution in [0.5, 0.6) is 0 Å². The molecule has 1 aromatic heterocycles. The van der Waals surface area contributed by atoms with Gasteiger partial charge in [-0.15, -0.1) is 5.10 Å². The number of rotatable bonds is 4. The van der Waals surface area contributed by atoms with Crippen LogP contribution in [0.2, 0.25) is 0 Å². The molecule has 72 valence electrons. The van der Waals surface area contributed by atoms with Crippen LogP contribution in [0, 0.1) is 0 Å². The van der Waals surface area contributed by atoms with Crippen LogP contribution in [0.3, 0.4) is 0 Å². The highest BCUT2D eigenvalue weighted by molar-refractivity contribution is 7.10. The molecule has 1 aliphatic rings. The van der Waals surface area contributed by atoms with Crippen LogP contribution in [0.25, 0.3) is 0 Å². The van der Waals surface area contributed by atoms with Crippen LogP contribution >= 0.6 is 11.5 Å². The average molecular weight is 202 g/mol. The van der Waals surface area contributed by atoms with Crippen molar-refractivity contribution in [3.8, 4) is 0 Å². The third-order valence-corrected chi connectivity index (χ3v) is 2.45. The van der Waals surface area contributed by atoms with Gasteiger partial charge in [-0.3, -0.25) is 0 Å². The maximum absolute atomic E-state index is 5.45. The topological polar surface area (TPSA) is 82.3 Å². The molecule has 0 radical (unpaired) electrons. The first-order valence-electron chi connectivity index (χ1n) is 3.87. The molecule has 0 atom stereocenters. The number of hydrogen-bond acceptors (Lipinski definition) is 7. The molecule has 0 amide bonds. The van der Waals surface area contributed by atoms with E-state index in [1.54, 1.807) is 0 Å². The largest absolute Gasteiger partial charge is 0.376 e. The molecular weight excluding hydrogens is 192 g/mol. The number of hydrogen-bond donors (Lipinski definition) is 2. The minimum Gasteiger partial charge on any atom is -0.376 e. The fraction of sp³-hybridized carbons (Fsp3) is 0.667. The molecule has 0 spiro atoms. The quantitative estimate of drug-likeness (QED) is 0.517. The van der Waals surface area contributed by atoms with Crippen LogP contribution in [0.15, 0.2) is 0 Å². The van der Waals surface area contributed by atoms with Crippen LogP contribution in [-0.4, -0.2) is 28.9 Å². The highest BCUT2D eigenvalue weighted by Gasteiger charge is 2.19. The van der Waals surface area contributed by atoms with Crippen LogP contribution in [0.1, 0.15) is 5.69 Å². The Bertz CT molecular complexity index is 275. The van der Waals surface area contributed by atoms with Gasteiger partial charge in [0.2, 0.25) is 0 Å². The number of nitrogens with zero attached hydrogens (tertiary/aromatic N) is 2. The van der Waals surface area contributed by atoms with E-state index in [9.17, 15) is 0 Å². The number of anilines is 1. The van der Waals surface area contributed by atoms with E-state index in [0.717, 1.165) is 10.7 Å². The van der Waals surface area contributed by atoms with Gasteiger partial charge in [0.25, 0.3) is 0 Å². The lowest BCUT2D eigenvalue weighted by Crippen LogP contribution is -2.35. The highest BCUT2D eigenvalue weighted by atomic mass is 32.1. The summed E-state index contributed by atoms with van der Waals surface area (Å²) in [7, 11) is 0. The molecule has 2 heterocycles. The van der Waals surface area contributed by atoms with E-state index in [0.29, 0.717) is 19.8 Å². The van der Waals surface area contributed by atoms with E-state index in [1.165, 1.54) is 11.5 Å². The first kappa shape index (κ1) is 8.82. The van der Waals surface area contributed by atoms with E-state index >= 15 is 0 Å². The van der Waals surface area contributed by atoms with Crippen molar-refractivity contribution < 1.29 is 9.47 Å². The van der Waals surface area contributed by atoms with Crippen LogP contribution < -0.4 is 11.3 Å². The van der Waals surface area contributed by atoms with Crippen molar-refractivity contribution in [1.82, 2.24) is 9.59 Å². The normalized spacial score (nSPS) is 17.0. The van der Waals surface area contributed by atoms with Crippen molar-refractivity contribution in [3.63, 3.8) is 0 Å². The molecule has 1 aliphatic heterocycles. The lowest BCUT2D eigenvalue weighted by Gasteiger charge is -2.25. The Morgan fingerprint density at radius 2 is 2.54 bits per heavy atom. The van der Waals surface area contributed by atoms with Crippen molar-refractivity contribution in [3.05, 3.63) is 5.69 Å². The van der Waals surface area contributed by atoms with E-state index in [1.807, 2.05) is 0 Å². The summed E-state index contributed by atoms with van der Waals surface area (Å²) < 4.78 is 14.2.